The lowest BCUT2D eigenvalue weighted by atomic mass is 10.2. The number of guanidine groups is 1. The highest BCUT2D eigenvalue weighted by molar-refractivity contribution is 7.19. The summed E-state index contributed by atoms with van der Waals surface area (Å²) in [5.74, 6) is 1.60. The number of benzene rings is 2. The average molecular weight is 394 g/mol. The third-order valence-corrected chi connectivity index (χ3v) is 5.77. The summed E-state index contributed by atoms with van der Waals surface area (Å²) in [7, 11) is 1.72. The molecule has 0 aliphatic rings. The number of fused-ring (bicyclic) bond motifs is 2. The molecular formula is C21H23N5OS. The van der Waals surface area contributed by atoms with E-state index >= 15 is 0 Å². The number of aliphatic hydroxyl groups is 1. The van der Waals surface area contributed by atoms with Crippen LogP contribution in [0.3, 0.4) is 0 Å². The Morgan fingerprint density at radius 3 is 2.82 bits per heavy atom. The Balaban J connectivity index is 1.28. The van der Waals surface area contributed by atoms with Crippen molar-refractivity contribution in [1.82, 2.24) is 20.6 Å². The molecule has 2 aromatic heterocycles. The van der Waals surface area contributed by atoms with Crippen molar-refractivity contribution in [2.75, 3.05) is 20.1 Å². The van der Waals surface area contributed by atoms with Crippen LogP contribution in [0.1, 0.15) is 16.8 Å². The Morgan fingerprint density at radius 2 is 2.00 bits per heavy atom. The molecule has 28 heavy (non-hydrogen) atoms. The van der Waals surface area contributed by atoms with Gasteiger partial charge in [0, 0.05) is 36.1 Å². The van der Waals surface area contributed by atoms with Gasteiger partial charge in [0.25, 0.3) is 0 Å². The number of hydrogen-bond acceptors (Lipinski definition) is 4. The number of nitrogens with one attached hydrogen (secondary N) is 3. The number of imidazole rings is 1. The molecule has 0 saturated carbocycles. The summed E-state index contributed by atoms with van der Waals surface area (Å²) in [4.78, 5) is 13.1. The predicted molar refractivity (Wildman–Crippen MR) is 116 cm³/mol. The van der Waals surface area contributed by atoms with Crippen molar-refractivity contribution >= 4 is 38.4 Å². The van der Waals surface area contributed by atoms with Crippen LogP contribution >= 0.6 is 11.3 Å². The highest BCUT2D eigenvalue weighted by Crippen LogP contribution is 2.29. The van der Waals surface area contributed by atoms with Gasteiger partial charge >= 0.3 is 0 Å². The topological polar surface area (TPSA) is 85.3 Å². The Hall–Kier alpha value is -2.90. The highest BCUT2D eigenvalue weighted by atomic mass is 32.1. The van der Waals surface area contributed by atoms with Crippen molar-refractivity contribution < 1.29 is 5.11 Å². The number of thiophene rings is 1. The van der Waals surface area contributed by atoms with E-state index in [1.165, 1.54) is 4.70 Å². The molecule has 4 aromatic rings. The van der Waals surface area contributed by atoms with Crippen molar-refractivity contribution in [3.63, 3.8) is 0 Å². The van der Waals surface area contributed by atoms with Gasteiger partial charge in [-0.3, -0.25) is 4.99 Å². The number of aromatic amines is 1. The van der Waals surface area contributed by atoms with Crippen molar-refractivity contribution in [2.24, 2.45) is 4.99 Å². The Labute approximate surface area is 167 Å². The van der Waals surface area contributed by atoms with Gasteiger partial charge in [-0.2, -0.15) is 0 Å². The quantitative estimate of drug-likeness (QED) is 0.299. The summed E-state index contributed by atoms with van der Waals surface area (Å²) in [6.07, 6.45) is 0.181. The van der Waals surface area contributed by atoms with Gasteiger partial charge < -0.3 is 20.7 Å². The summed E-state index contributed by atoms with van der Waals surface area (Å²) in [5, 5.41) is 18.1. The van der Waals surface area contributed by atoms with Crippen LogP contribution in [-0.2, 0) is 6.42 Å². The molecule has 0 radical (unpaired) electrons. The van der Waals surface area contributed by atoms with Crippen LogP contribution in [-0.4, -0.2) is 41.2 Å². The zero-order valence-corrected chi connectivity index (χ0v) is 16.5. The molecule has 0 fully saturated rings. The SMILES string of the molecule is CN=C(NCCc1nc2ccccc2[nH]1)NCC(O)c1cc2ccccc2s1. The Bertz CT molecular complexity index is 1030. The van der Waals surface area contributed by atoms with Crippen molar-refractivity contribution in [1.29, 1.82) is 0 Å². The third kappa shape index (κ3) is 4.16. The molecule has 0 spiro atoms. The molecule has 0 amide bonds. The fourth-order valence-electron chi connectivity index (χ4n) is 3.10. The molecule has 0 aliphatic carbocycles. The lowest BCUT2D eigenvalue weighted by Gasteiger charge is -2.14. The molecule has 1 unspecified atom stereocenters. The average Bonchev–Trinajstić information content (AvgIpc) is 3.33. The number of aliphatic imine (C=N–C) groups is 1. The molecule has 2 aromatic carbocycles. The summed E-state index contributed by atoms with van der Waals surface area (Å²) in [6, 6.07) is 18.2. The third-order valence-electron chi connectivity index (χ3n) is 4.55. The molecule has 0 saturated heterocycles. The Kier molecular flexibility index (Phi) is 5.55. The first-order valence-electron chi connectivity index (χ1n) is 9.27. The second kappa shape index (κ2) is 8.41. The summed E-state index contributed by atoms with van der Waals surface area (Å²) in [5.41, 5.74) is 2.03. The first-order valence-corrected chi connectivity index (χ1v) is 10.1. The van der Waals surface area contributed by atoms with E-state index in [0.717, 1.165) is 33.5 Å². The van der Waals surface area contributed by atoms with Gasteiger partial charge in [-0.25, -0.2) is 4.98 Å². The lowest BCUT2D eigenvalue weighted by molar-refractivity contribution is 0.184. The molecule has 0 aliphatic heterocycles. The summed E-state index contributed by atoms with van der Waals surface area (Å²) in [6.45, 7) is 1.09. The normalized spacial score (nSPS) is 13.1. The number of para-hydroxylation sites is 2. The van der Waals surface area contributed by atoms with Gasteiger partial charge in [-0.05, 0) is 29.7 Å². The smallest absolute Gasteiger partial charge is 0.191 e. The minimum atomic E-state index is -0.577. The largest absolute Gasteiger partial charge is 0.386 e. The zero-order chi connectivity index (χ0) is 19.3. The number of H-pyrrole nitrogens is 1. The fourth-order valence-corrected chi connectivity index (χ4v) is 4.16. The van der Waals surface area contributed by atoms with Crippen LogP contribution in [0.25, 0.3) is 21.1 Å². The van der Waals surface area contributed by atoms with E-state index < -0.39 is 6.10 Å². The molecule has 6 nitrogen and oxygen atoms in total. The number of nitrogens with zero attached hydrogens (tertiary/aromatic N) is 2. The maximum atomic E-state index is 10.5. The minimum absolute atomic E-state index is 0.400. The van der Waals surface area contributed by atoms with Crippen LogP contribution in [0.2, 0.25) is 0 Å². The maximum absolute atomic E-state index is 10.5. The summed E-state index contributed by atoms with van der Waals surface area (Å²) >= 11 is 1.62. The molecule has 1 atom stereocenters. The lowest BCUT2D eigenvalue weighted by Crippen LogP contribution is -2.40. The van der Waals surface area contributed by atoms with Gasteiger partial charge in [-0.1, -0.05) is 30.3 Å². The number of aromatic nitrogens is 2. The van der Waals surface area contributed by atoms with E-state index in [9.17, 15) is 5.11 Å². The fraction of sp³-hybridized carbons (Fsp3) is 0.238. The van der Waals surface area contributed by atoms with E-state index in [2.05, 4.69) is 37.7 Å². The Morgan fingerprint density at radius 1 is 1.18 bits per heavy atom. The molecular weight excluding hydrogens is 370 g/mol. The first-order chi connectivity index (χ1) is 13.7. The molecule has 4 N–H and O–H groups in total. The standard InChI is InChI=1S/C21H23N5OS/c1-22-21(23-11-10-20-25-15-7-3-4-8-16(15)26-20)24-13-17(27)19-12-14-6-2-5-9-18(14)28-19/h2-9,12,17,27H,10-11,13H2,1H3,(H,25,26)(H2,22,23,24). The van der Waals surface area contributed by atoms with Crippen molar-refractivity contribution in [3.05, 3.63) is 65.3 Å². The van der Waals surface area contributed by atoms with Crippen LogP contribution in [0, 0.1) is 0 Å². The van der Waals surface area contributed by atoms with Crippen LogP contribution in [0.15, 0.2) is 59.6 Å². The minimum Gasteiger partial charge on any atom is -0.386 e. The van der Waals surface area contributed by atoms with Gasteiger partial charge in [0.05, 0.1) is 11.0 Å². The van der Waals surface area contributed by atoms with Crippen molar-refractivity contribution in [3.8, 4) is 0 Å². The molecule has 0 bridgehead atoms. The molecule has 4 rings (SSSR count). The van der Waals surface area contributed by atoms with E-state index in [1.807, 2.05) is 42.5 Å². The van der Waals surface area contributed by atoms with Crippen LogP contribution in [0.5, 0.6) is 0 Å². The highest BCUT2D eigenvalue weighted by Gasteiger charge is 2.12. The van der Waals surface area contributed by atoms with E-state index in [0.29, 0.717) is 19.0 Å². The van der Waals surface area contributed by atoms with Crippen molar-refractivity contribution in [2.45, 2.75) is 12.5 Å². The first kappa shape index (κ1) is 18.5. The summed E-state index contributed by atoms with van der Waals surface area (Å²) < 4.78 is 1.19. The molecule has 2 heterocycles. The molecule has 144 valence electrons. The number of hydrogen-bond donors (Lipinski definition) is 4. The predicted octanol–water partition coefficient (Wildman–Crippen LogP) is 3.22. The van der Waals surface area contributed by atoms with Gasteiger partial charge in [0.15, 0.2) is 5.96 Å². The van der Waals surface area contributed by atoms with Crippen LogP contribution in [0.4, 0.5) is 0 Å². The maximum Gasteiger partial charge on any atom is 0.191 e. The second-order valence-corrected chi connectivity index (χ2v) is 7.65. The monoisotopic (exact) mass is 393 g/mol. The number of rotatable bonds is 6. The van der Waals surface area contributed by atoms with Crippen LogP contribution < -0.4 is 10.6 Å². The van der Waals surface area contributed by atoms with Gasteiger partial charge in [0.1, 0.15) is 11.9 Å². The van der Waals surface area contributed by atoms with E-state index in [1.54, 1.807) is 18.4 Å². The van der Waals surface area contributed by atoms with Gasteiger partial charge in [0.2, 0.25) is 0 Å². The molecule has 7 heteroatoms. The zero-order valence-electron chi connectivity index (χ0n) is 15.6. The second-order valence-electron chi connectivity index (χ2n) is 6.53. The van der Waals surface area contributed by atoms with E-state index in [4.69, 9.17) is 0 Å². The number of aliphatic hydroxyl groups excluding tert-OH is 1. The van der Waals surface area contributed by atoms with E-state index in [-0.39, 0.29) is 0 Å². The van der Waals surface area contributed by atoms with Gasteiger partial charge in [-0.15, -0.1) is 11.3 Å².